The largest absolute Gasteiger partial charge is 0.503 e. The highest BCUT2D eigenvalue weighted by Crippen LogP contribution is 2.40. The van der Waals surface area contributed by atoms with Crippen molar-refractivity contribution in [3.05, 3.63) is 64.5 Å². The van der Waals surface area contributed by atoms with E-state index in [4.69, 9.17) is 4.74 Å². The minimum Gasteiger partial charge on any atom is -0.503 e. The highest BCUT2D eigenvalue weighted by molar-refractivity contribution is 7.07. The van der Waals surface area contributed by atoms with Gasteiger partial charge in [0, 0.05) is 30.4 Å². The van der Waals surface area contributed by atoms with E-state index in [1.54, 1.807) is 0 Å². The van der Waals surface area contributed by atoms with E-state index in [0.717, 1.165) is 58.9 Å². The topological polar surface area (TPSA) is 58.0 Å². The van der Waals surface area contributed by atoms with Gasteiger partial charge in [-0.2, -0.15) is 4.37 Å². The fourth-order valence-electron chi connectivity index (χ4n) is 3.85. The summed E-state index contributed by atoms with van der Waals surface area (Å²) in [5, 5.41) is 10.7. The lowest BCUT2D eigenvalue weighted by molar-refractivity contribution is 0.306. The molecular formula is C24H23N3O2S. The fourth-order valence-corrected chi connectivity index (χ4v) is 4.60. The molecule has 152 valence electrons. The second-order valence-corrected chi connectivity index (χ2v) is 8.38. The van der Waals surface area contributed by atoms with E-state index in [9.17, 15) is 5.11 Å². The quantitative estimate of drug-likeness (QED) is 0.581. The molecule has 2 aliphatic heterocycles. The Labute approximate surface area is 180 Å². The minimum absolute atomic E-state index is 0.271. The molecule has 0 bridgehead atoms. The van der Waals surface area contributed by atoms with Crippen LogP contribution in [0.5, 0.6) is 11.5 Å². The second-order valence-electron chi connectivity index (χ2n) is 7.58. The third-order valence-electron chi connectivity index (χ3n) is 5.49. The Balaban J connectivity index is 1.37. The van der Waals surface area contributed by atoms with Crippen LogP contribution in [0.2, 0.25) is 0 Å². The van der Waals surface area contributed by atoms with E-state index < -0.39 is 0 Å². The maximum absolute atomic E-state index is 10.7. The Morgan fingerprint density at radius 1 is 1.07 bits per heavy atom. The molecule has 1 N–H and O–H groups in total. The molecular weight excluding hydrogens is 394 g/mol. The number of anilines is 1. The van der Waals surface area contributed by atoms with Crippen molar-refractivity contribution < 1.29 is 9.84 Å². The molecule has 5 rings (SSSR count). The first-order chi connectivity index (χ1) is 14.8. The summed E-state index contributed by atoms with van der Waals surface area (Å²) in [6.45, 7) is 2.44. The number of aromatic hydroxyl groups is 1. The average Bonchev–Trinajstić information content (AvgIpc) is 3.37. The Hall–Kier alpha value is -3.12. The van der Waals surface area contributed by atoms with Crippen molar-refractivity contribution in [1.29, 1.82) is 0 Å². The predicted molar refractivity (Wildman–Crippen MR) is 123 cm³/mol. The van der Waals surface area contributed by atoms with E-state index in [0.29, 0.717) is 12.4 Å². The van der Waals surface area contributed by atoms with Crippen LogP contribution in [0.25, 0.3) is 11.6 Å². The van der Waals surface area contributed by atoms with Gasteiger partial charge in [0.2, 0.25) is 0 Å². The Morgan fingerprint density at radius 2 is 1.90 bits per heavy atom. The SMILES string of the molecule is Oc1c(N2CCCCC2)nsc1/C=C1\C=Nc2ccc(OCc3ccccc3)cc21. The van der Waals surface area contributed by atoms with Crippen molar-refractivity contribution in [2.75, 3.05) is 18.0 Å². The molecule has 5 nitrogen and oxygen atoms in total. The zero-order valence-electron chi connectivity index (χ0n) is 16.6. The maximum atomic E-state index is 10.7. The van der Waals surface area contributed by atoms with Crippen LogP contribution in [-0.4, -0.2) is 28.8 Å². The lowest BCUT2D eigenvalue weighted by Gasteiger charge is -2.26. The number of hydrogen-bond acceptors (Lipinski definition) is 6. The van der Waals surface area contributed by atoms with Crippen molar-refractivity contribution in [3.8, 4) is 11.5 Å². The summed E-state index contributed by atoms with van der Waals surface area (Å²) in [4.78, 5) is 7.45. The van der Waals surface area contributed by atoms with Crippen LogP contribution in [0.15, 0.2) is 53.5 Å². The molecule has 1 fully saturated rings. The normalized spacial score (nSPS) is 16.8. The summed E-state index contributed by atoms with van der Waals surface area (Å²) >= 11 is 1.33. The van der Waals surface area contributed by atoms with Crippen molar-refractivity contribution in [2.24, 2.45) is 4.99 Å². The number of benzene rings is 2. The molecule has 0 saturated carbocycles. The number of allylic oxidation sites excluding steroid dienone is 1. The summed E-state index contributed by atoms with van der Waals surface area (Å²) in [5.41, 5.74) is 4.01. The minimum atomic E-state index is 0.271. The Bertz CT molecular complexity index is 1100. The number of nitrogens with zero attached hydrogens (tertiary/aromatic N) is 3. The Morgan fingerprint density at radius 3 is 2.73 bits per heavy atom. The van der Waals surface area contributed by atoms with Crippen molar-refractivity contribution >= 4 is 40.9 Å². The first-order valence-corrected chi connectivity index (χ1v) is 11.1. The number of ether oxygens (including phenoxy) is 1. The molecule has 0 amide bonds. The van der Waals surface area contributed by atoms with Gasteiger partial charge in [-0.25, -0.2) is 0 Å². The van der Waals surface area contributed by atoms with Gasteiger partial charge in [0.1, 0.15) is 12.4 Å². The summed E-state index contributed by atoms with van der Waals surface area (Å²) < 4.78 is 10.5. The molecule has 0 aliphatic carbocycles. The first-order valence-electron chi connectivity index (χ1n) is 10.3. The Kier molecular flexibility index (Phi) is 5.24. The lowest BCUT2D eigenvalue weighted by Crippen LogP contribution is -2.29. The molecule has 0 radical (unpaired) electrons. The predicted octanol–water partition coefficient (Wildman–Crippen LogP) is 5.67. The van der Waals surface area contributed by atoms with Crippen LogP contribution in [0.1, 0.15) is 35.3 Å². The van der Waals surface area contributed by atoms with Crippen LogP contribution >= 0.6 is 11.5 Å². The summed E-state index contributed by atoms with van der Waals surface area (Å²) in [7, 11) is 0. The molecule has 2 aromatic carbocycles. The molecule has 0 spiro atoms. The number of aliphatic imine (C=N–C) groups is 1. The third kappa shape index (κ3) is 3.83. The molecule has 3 heterocycles. The smallest absolute Gasteiger partial charge is 0.185 e. The number of rotatable bonds is 5. The lowest BCUT2D eigenvalue weighted by atomic mass is 10.1. The zero-order valence-corrected chi connectivity index (χ0v) is 17.4. The number of piperidine rings is 1. The number of aromatic nitrogens is 1. The van der Waals surface area contributed by atoms with E-state index in [1.807, 2.05) is 60.8 Å². The molecule has 3 aromatic rings. The summed E-state index contributed by atoms with van der Waals surface area (Å²) in [6.07, 6.45) is 7.36. The zero-order chi connectivity index (χ0) is 20.3. The van der Waals surface area contributed by atoms with Crippen molar-refractivity contribution in [1.82, 2.24) is 4.37 Å². The van der Waals surface area contributed by atoms with E-state index in [2.05, 4.69) is 14.3 Å². The highest BCUT2D eigenvalue weighted by atomic mass is 32.1. The summed E-state index contributed by atoms with van der Waals surface area (Å²) in [5.74, 6) is 1.78. The van der Waals surface area contributed by atoms with Crippen LogP contribution in [0.3, 0.4) is 0 Å². The molecule has 1 aromatic heterocycles. The second kappa shape index (κ2) is 8.32. The molecule has 6 heteroatoms. The van der Waals surface area contributed by atoms with Gasteiger partial charge in [0.05, 0.1) is 10.6 Å². The van der Waals surface area contributed by atoms with E-state index in [1.165, 1.54) is 18.0 Å². The molecule has 2 aliphatic rings. The third-order valence-corrected chi connectivity index (χ3v) is 6.26. The monoisotopic (exact) mass is 417 g/mol. The van der Waals surface area contributed by atoms with Crippen molar-refractivity contribution in [2.45, 2.75) is 25.9 Å². The van der Waals surface area contributed by atoms with E-state index in [-0.39, 0.29) is 5.75 Å². The number of fused-ring (bicyclic) bond motifs is 1. The van der Waals surface area contributed by atoms with E-state index >= 15 is 0 Å². The molecule has 0 unspecified atom stereocenters. The van der Waals surface area contributed by atoms with Crippen LogP contribution in [-0.2, 0) is 6.61 Å². The standard InChI is InChI=1S/C24H23N3O2S/c28-23-22(30-26-24(23)27-11-5-2-6-12-27)13-18-15-25-21-10-9-19(14-20(18)21)29-16-17-7-3-1-4-8-17/h1,3-4,7-10,13-15,28H,2,5-6,11-12,16H2/b18-13+. The first kappa shape index (κ1) is 18.9. The highest BCUT2D eigenvalue weighted by Gasteiger charge is 2.21. The van der Waals surface area contributed by atoms with Crippen molar-refractivity contribution in [3.63, 3.8) is 0 Å². The molecule has 0 atom stereocenters. The van der Waals surface area contributed by atoms with Crippen LogP contribution in [0, 0.1) is 0 Å². The fraction of sp³-hybridized carbons (Fsp3) is 0.250. The van der Waals surface area contributed by atoms with Gasteiger partial charge in [-0.3, -0.25) is 4.99 Å². The van der Waals surface area contributed by atoms with Gasteiger partial charge < -0.3 is 14.7 Å². The molecule has 30 heavy (non-hydrogen) atoms. The number of hydrogen-bond donors (Lipinski definition) is 1. The van der Waals surface area contributed by atoms with Gasteiger partial charge in [0.15, 0.2) is 11.6 Å². The maximum Gasteiger partial charge on any atom is 0.185 e. The average molecular weight is 418 g/mol. The van der Waals surface area contributed by atoms with Gasteiger partial charge in [-0.15, -0.1) is 0 Å². The van der Waals surface area contributed by atoms with Gasteiger partial charge in [-0.05, 0) is 60.6 Å². The molecule has 1 saturated heterocycles. The van der Waals surface area contributed by atoms with Crippen LogP contribution < -0.4 is 9.64 Å². The van der Waals surface area contributed by atoms with Gasteiger partial charge in [0.25, 0.3) is 0 Å². The van der Waals surface area contributed by atoms with Crippen LogP contribution in [0.4, 0.5) is 11.5 Å². The summed E-state index contributed by atoms with van der Waals surface area (Å²) in [6, 6.07) is 16.0. The van der Waals surface area contributed by atoms with Gasteiger partial charge >= 0.3 is 0 Å². The van der Waals surface area contributed by atoms with Gasteiger partial charge in [-0.1, -0.05) is 30.3 Å².